The van der Waals surface area contributed by atoms with Crippen LogP contribution < -0.4 is 15.5 Å². The highest BCUT2D eigenvalue weighted by atomic mass is 16.5. The van der Waals surface area contributed by atoms with Crippen LogP contribution in [-0.2, 0) is 22.6 Å². The van der Waals surface area contributed by atoms with E-state index in [1.54, 1.807) is 5.48 Å². The van der Waals surface area contributed by atoms with E-state index in [1.807, 2.05) is 55.5 Å². The van der Waals surface area contributed by atoms with Crippen molar-refractivity contribution in [1.29, 1.82) is 0 Å². The van der Waals surface area contributed by atoms with Gasteiger partial charge < -0.3 is 10.1 Å². The Hall–Kier alpha value is -3.45. The number of hydrogen-bond donors (Lipinski definition) is 3. The Labute approximate surface area is 211 Å². The first-order valence-corrected chi connectivity index (χ1v) is 12.8. The highest BCUT2D eigenvalue weighted by Crippen LogP contribution is 2.55. The number of rotatable bonds is 8. The maximum atomic E-state index is 13.3. The molecule has 7 heteroatoms. The van der Waals surface area contributed by atoms with E-state index in [4.69, 9.17) is 9.94 Å². The minimum absolute atomic E-state index is 0.0803. The molecule has 5 rings (SSSR count). The second-order valence-electron chi connectivity index (χ2n) is 10.2. The number of nitrogens with zero attached hydrogens (tertiary/aromatic N) is 1. The van der Waals surface area contributed by atoms with Crippen LogP contribution in [0.3, 0.4) is 0 Å². The van der Waals surface area contributed by atoms with Crippen LogP contribution in [0, 0.1) is 18.3 Å². The second kappa shape index (κ2) is 10.3. The molecule has 2 saturated carbocycles. The molecule has 3 aromatic rings. The molecule has 0 bridgehead atoms. The smallest absolute Gasteiger partial charge is 0.247 e. The third-order valence-corrected chi connectivity index (χ3v) is 7.66. The summed E-state index contributed by atoms with van der Waals surface area (Å²) < 4.78 is 6.08. The highest BCUT2D eigenvalue weighted by Gasteiger charge is 2.63. The summed E-state index contributed by atoms with van der Waals surface area (Å²) in [6.45, 7) is 2.41. The third kappa shape index (κ3) is 5.07. The van der Waals surface area contributed by atoms with Gasteiger partial charge in [-0.25, -0.2) is 5.48 Å². The number of aromatic nitrogens is 1. The van der Waals surface area contributed by atoms with E-state index in [9.17, 15) is 9.59 Å². The Balaban J connectivity index is 1.26. The molecule has 7 nitrogen and oxygen atoms in total. The molecule has 2 aliphatic carbocycles. The summed E-state index contributed by atoms with van der Waals surface area (Å²) in [6.07, 6.45) is 6.29. The zero-order valence-electron chi connectivity index (χ0n) is 20.6. The van der Waals surface area contributed by atoms with Gasteiger partial charge in [-0.3, -0.25) is 19.8 Å². The lowest BCUT2D eigenvalue weighted by Crippen LogP contribution is -2.43. The number of para-hydroxylation sites is 1. The predicted molar refractivity (Wildman–Crippen MR) is 136 cm³/mol. The van der Waals surface area contributed by atoms with Crippen molar-refractivity contribution in [3.63, 3.8) is 0 Å². The standard InChI is InChI=1S/C29H33N3O4/c1-19-15-21(24-9-5-6-10-26(24)30-19)18-36-23-13-11-20(12-14-23)16-29(17-25(29)27(33)32-35)28(34)31-22-7-3-2-4-8-22/h5-6,9-15,22,25,35H,2-4,7-8,16-18H2,1H3,(H,31,34)(H,32,33). The number of carbonyl (C=O) groups is 2. The normalized spacial score (nSPS) is 21.7. The largest absolute Gasteiger partial charge is 0.489 e. The van der Waals surface area contributed by atoms with Gasteiger partial charge in [-0.15, -0.1) is 0 Å². The number of carbonyl (C=O) groups excluding carboxylic acids is 2. The highest BCUT2D eigenvalue weighted by molar-refractivity contribution is 5.96. The van der Waals surface area contributed by atoms with Crippen LogP contribution in [0.1, 0.15) is 55.3 Å². The molecule has 188 valence electrons. The Morgan fingerprint density at radius 1 is 1.08 bits per heavy atom. The maximum absolute atomic E-state index is 13.3. The number of ether oxygens (including phenoxy) is 1. The first-order valence-electron chi connectivity index (χ1n) is 12.8. The molecule has 3 N–H and O–H groups in total. The molecular formula is C29H33N3O4. The lowest BCUT2D eigenvalue weighted by Gasteiger charge is -2.26. The van der Waals surface area contributed by atoms with Crippen LogP contribution in [0.4, 0.5) is 0 Å². The molecule has 1 aromatic heterocycles. The third-order valence-electron chi connectivity index (χ3n) is 7.66. The van der Waals surface area contributed by atoms with E-state index >= 15 is 0 Å². The van der Waals surface area contributed by atoms with Gasteiger partial charge in [-0.1, -0.05) is 49.6 Å². The molecule has 0 radical (unpaired) electrons. The summed E-state index contributed by atoms with van der Waals surface area (Å²) in [5, 5.41) is 13.4. The van der Waals surface area contributed by atoms with Gasteiger partial charge in [0.1, 0.15) is 12.4 Å². The first kappa shape index (κ1) is 24.3. The summed E-state index contributed by atoms with van der Waals surface area (Å²) in [4.78, 5) is 30.1. The Morgan fingerprint density at radius 3 is 2.58 bits per heavy atom. The summed E-state index contributed by atoms with van der Waals surface area (Å²) in [7, 11) is 0. The molecule has 0 aliphatic heterocycles. The molecule has 0 saturated heterocycles. The molecule has 2 fully saturated rings. The molecule has 2 amide bonds. The number of pyridine rings is 1. The SMILES string of the molecule is Cc1cc(COc2ccc(CC3(C(=O)NC4CCCCC4)CC3C(=O)NO)cc2)c2ccccc2n1. The Bertz CT molecular complexity index is 1250. The van der Waals surface area contributed by atoms with E-state index in [2.05, 4.69) is 16.4 Å². The molecule has 36 heavy (non-hydrogen) atoms. The van der Waals surface area contributed by atoms with E-state index in [0.717, 1.165) is 59.2 Å². The van der Waals surface area contributed by atoms with Crippen molar-refractivity contribution in [2.24, 2.45) is 11.3 Å². The van der Waals surface area contributed by atoms with E-state index in [1.165, 1.54) is 6.42 Å². The summed E-state index contributed by atoms with van der Waals surface area (Å²) >= 11 is 0. The average Bonchev–Trinajstić information content (AvgIpc) is 3.63. The van der Waals surface area contributed by atoms with Gasteiger partial charge in [0, 0.05) is 22.7 Å². The van der Waals surface area contributed by atoms with E-state index in [-0.39, 0.29) is 11.9 Å². The van der Waals surface area contributed by atoms with Crippen molar-refractivity contribution in [2.45, 2.75) is 64.5 Å². The van der Waals surface area contributed by atoms with Gasteiger partial charge in [0.25, 0.3) is 0 Å². The second-order valence-corrected chi connectivity index (χ2v) is 10.2. The molecule has 0 spiro atoms. The fourth-order valence-corrected chi connectivity index (χ4v) is 5.57. The lowest BCUT2D eigenvalue weighted by atomic mass is 9.90. The topological polar surface area (TPSA) is 101 Å². The van der Waals surface area contributed by atoms with Crippen LogP contribution in [0.5, 0.6) is 5.75 Å². The van der Waals surface area contributed by atoms with Crippen LogP contribution in [0.2, 0.25) is 0 Å². The number of nitrogens with one attached hydrogen (secondary N) is 2. The summed E-state index contributed by atoms with van der Waals surface area (Å²) in [6, 6.07) is 18.0. The van der Waals surface area contributed by atoms with Crippen molar-refractivity contribution in [2.75, 3.05) is 0 Å². The number of hydrogen-bond acceptors (Lipinski definition) is 5. The lowest BCUT2D eigenvalue weighted by molar-refractivity contribution is -0.135. The predicted octanol–water partition coefficient (Wildman–Crippen LogP) is 4.63. The average molecular weight is 488 g/mol. The van der Waals surface area contributed by atoms with Gasteiger partial charge in [0.15, 0.2) is 0 Å². The van der Waals surface area contributed by atoms with Crippen molar-refractivity contribution < 1.29 is 19.5 Å². The zero-order valence-corrected chi connectivity index (χ0v) is 20.6. The summed E-state index contributed by atoms with van der Waals surface area (Å²) in [5.74, 6) is -0.361. The first-order chi connectivity index (χ1) is 17.5. The quantitative estimate of drug-likeness (QED) is 0.318. The number of fused-ring (bicyclic) bond motifs is 1. The van der Waals surface area contributed by atoms with Gasteiger partial charge >= 0.3 is 0 Å². The molecule has 2 unspecified atom stereocenters. The van der Waals surface area contributed by atoms with Gasteiger partial charge in [-0.2, -0.15) is 0 Å². The van der Waals surface area contributed by atoms with Crippen molar-refractivity contribution in [1.82, 2.24) is 15.8 Å². The fraction of sp³-hybridized carbons (Fsp3) is 0.414. The minimum atomic E-state index is -0.819. The fourth-order valence-electron chi connectivity index (χ4n) is 5.57. The van der Waals surface area contributed by atoms with E-state index < -0.39 is 17.2 Å². The zero-order chi connectivity index (χ0) is 25.1. The van der Waals surface area contributed by atoms with Crippen LogP contribution in [0.15, 0.2) is 54.6 Å². The molecule has 2 aliphatic rings. The van der Waals surface area contributed by atoms with Crippen molar-refractivity contribution in [3.05, 3.63) is 71.4 Å². The van der Waals surface area contributed by atoms with E-state index in [0.29, 0.717) is 19.4 Å². The van der Waals surface area contributed by atoms with Crippen molar-refractivity contribution in [3.8, 4) is 5.75 Å². The maximum Gasteiger partial charge on any atom is 0.247 e. The molecule has 1 heterocycles. The van der Waals surface area contributed by atoms with Crippen LogP contribution in [-0.4, -0.2) is 28.0 Å². The Morgan fingerprint density at radius 2 is 1.83 bits per heavy atom. The van der Waals surface area contributed by atoms with Crippen molar-refractivity contribution >= 4 is 22.7 Å². The summed E-state index contributed by atoms with van der Waals surface area (Å²) in [5.41, 5.74) is 4.86. The monoisotopic (exact) mass is 487 g/mol. The number of amides is 2. The van der Waals surface area contributed by atoms with Gasteiger partial charge in [0.05, 0.1) is 16.8 Å². The number of aryl methyl sites for hydroxylation is 1. The molecule has 2 atom stereocenters. The van der Waals surface area contributed by atoms with Gasteiger partial charge in [-0.05, 0) is 62.4 Å². The van der Waals surface area contributed by atoms with Crippen LogP contribution in [0.25, 0.3) is 10.9 Å². The molecule has 2 aromatic carbocycles. The molecular weight excluding hydrogens is 454 g/mol. The van der Waals surface area contributed by atoms with Gasteiger partial charge in [0.2, 0.25) is 11.8 Å². The van der Waals surface area contributed by atoms with Crippen LogP contribution >= 0.6 is 0 Å². The number of hydroxylamine groups is 1. The number of benzene rings is 2. The Kier molecular flexibility index (Phi) is 6.92. The minimum Gasteiger partial charge on any atom is -0.489 e.